The third kappa shape index (κ3) is 4.63. The normalized spacial score (nSPS) is 10.6. The number of esters is 1. The SMILES string of the molecule is Cn1cc(-c2nc(C(=O)OCCCOc3ccc(F)cc3)cs2)cn1. The Hall–Kier alpha value is -2.74. The van der Waals surface area contributed by atoms with Gasteiger partial charge in [0.2, 0.25) is 0 Å². The second-order valence-corrected chi connectivity index (χ2v) is 6.09. The summed E-state index contributed by atoms with van der Waals surface area (Å²) >= 11 is 1.37. The minimum Gasteiger partial charge on any atom is -0.493 e. The molecule has 0 radical (unpaired) electrons. The first-order chi connectivity index (χ1) is 12.1. The molecule has 2 aromatic heterocycles. The Bertz CT molecular complexity index is 845. The highest BCUT2D eigenvalue weighted by Gasteiger charge is 2.14. The summed E-state index contributed by atoms with van der Waals surface area (Å²) in [6.07, 6.45) is 4.06. The summed E-state index contributed by atoms with van der Waals surface area (Å²) in [5, 5.41) is 6.47. The fourth-order valence-corrected chi connectivity index (χ4v) is 2.82. The van der Waals surface area contributed by atoms with Crippen molar-refractivity contribution in [1.82, 2.24) is 14.8 Å². The minimum absolute atomic E-state index is 0.222. The average molecular weight is 361 g/mol. The summed E-state index contributed by atoms with van der Waals surface area (Å²) in [5.41, 5.74) is 1.14. The number of carbonyl (C=O) groups excluding carboxylic acids is 1. The molecule has 0 aliphatic heterocycles. The average Bonchev–Trinajstić information content (AvgIpc) is 3.25. The quantitative estimate of drug-likeness (QED) is 0.477. The molecule has 0 fully saturated rings. The Morgan fingerprint density at radius 1 is 1.28 bits per heavy atom. The molecule has 0 saturated heterocycles. The Morgan fingerprint density at radius 3 is 2.80 bits per heavy atom. The van der Waals surface area contributed by atoms with E-state index < -0.39 is 5.97 Å². The third-order valence-electron chi connectivity index (χ3n) is 3.27. The van der Waals surface area contributed by atoms with Crippen molar-refractivity contribution in [1.29, 1.82) is 0 Å². The molecule has 0 N–H and O–H groups in total. The van der Waals surface area contributed by atoms with Crippen LogP contribution in [0.3, 0.4) is 0 Å². The fraction of sp³-hybridized carbons (Fsp3) is 0.235. The van der Waals surface area contributed by atoms with Crippen molar-refractivity contribution in [3.63, 3.8) is 0 Å². The first kappa shape index (κ1) is 17.1. The van der Waals surface area contributed by atoms with E-state index in [1.54, 1.807) is 28.4 Å². The molecule has 3 aromatic rings. The van der Waals surface area contributed by atoms with Gasteiger partial charge in [-0.1, -0.05) is 0 Å². The number of ether oxygens (including phenoxy) is 2. The van der Waals surface area contributed by atoms with E-state index >= 15 is 0 Å². The molecule has 0 aliphatic carbocycles. The number of benzene rings is 1. The van der Waals surface area contributed by atoms with Gasteiger partial charge in [-0.05, 0) is 24.3 Å². The van der Waals surface area contributed by atoms with Crippen molar-refractivity contribution in [3.8, 4) is 16.3 Å². The topological polar surface area (TPSA) is 66.2 Å². The molecule has 6 nitrogen and oxygen atoms in total. The summed E-state index contributed by atoms with van der Waals surface area (Å²) in [6.45, 7) is 0.594. The van der Waals surface area contributed by atoms with Gasteiger partial charge in [0.15, 0.2) is 5.69 Å². The summed E-state index contributed by atoms with van der Waals surface area (Å²) in [5.74, 6) is -0.197. The standard InChI is InChI=1S/C17H16FN3O3S/c1-21-10-12(9-19-21)16-20-15(11-25-16)17(22)24-8-2-7-23-14-5-3-13(18)4-6-14/h3-6,9-11H,2,7-8H2,1H3. The second kappa shape index (κ2) is 7.89. The lowest BCUT2D eigenvalue weighted by Crippen LogP contribution is -2.09. The summed E-state index contributed by atoms with van der Waals surface area (Å²) in [7, 11) is 1.82. The number of aromatic nitrogens is 3. The van der Waals surface area contributed by atoms with E-state index in [4.69, 9.17) is 9.47 Å². The van der Waals surface area contributed by atoms with E-state index in [1.165, 1.54) is 23.5 Å². The molecular weight excluding hydrogens is 345 g/mol. The first-order valence-electron chi connectivity index (χ1n) is 7.62. The summed E-state index contributed by atoms with van der Waals surface area (Å²) in [4.78, 5) is 16.3. The highest BCUT2D eigenvalue weighted by atomic mass is 32.1. The van der Waals surface area contributed by atoms with Crippen LogP contribution in [0.1, 0.15) is 16.9 Å². The van der Waals surface area contributed by atoms with Gasteiger partial charge in [-0.25, -0.2) is 14.2 Å². The van der Waals surface area contributed by atoms with Crippen LogP contribution in [0.4, 0.5) is 4.39 Å². The molecule has 3 rings (SSSR count). The maximum atomic E-state index is 12.8. The van der Waals surface area contributed by atoms with Crippen molar-refractivity contribution in [3.05, 3.63) is 53.6 Å². The molecule has 0 aliphatic rings. The van der Waals surface area contributed by atoms with Crippen LogP contribution in [-0.4, -0.2) is 33.9 Å². The highest BCUT2D eigenvalue weighted by molar-refractivity contribution is 7.13. The van der Waals surface area contributed by atoms with E-state index in [0.29, 0.717) is 18.8 Å². The van der Waals surface area contributed by atoms with Crippen molar-refractivity contribution in [2.75, 3.05) is 13.2 Å². The number of carbonyl (C=O) groups is 1. The maximum absolute atomic E-state index is 12.8. The van der Waals surface area contributed by atoms with E-state index in [-0.39, 0.29) is 18.1 Å². The number of thiazole rings is 1. The number of aryl methyl sites for hydroxylation is 1. The van der Waals surface area contributed by atoms with Gasteiger partial charge in [0, 0.05) is 30.6 Å². The van der Waals surface area contributed by atoms with Gasteiger partial charge in [0.05, 0.1) is 19.4 Å². The van der Waals surface area contributed by atoms with Gasteiger partial charge in [0.1, 0.15) is 16.6 Å². The highest BCUT2D eigenvalue weighted by Crippen LogP contribution is 2.23. The van der Waals surface area contributed by atoms with E-state index in [1.807, 2.05) is 13.2 Å². The number of halogens is 1. The van der Waals surface area contributed by atoms with Gasteiger partial charge in [-0.15, -0.1) is 11.3 Å². The van der Waals surface area contributed by atoms with Crippen LogP contribution in [-0.2, 0) is 11.8 Å². The van der Waals surface area contributed by atoms with Crippen LogP contribution in [0.2, 0.25) is 0 Å². The monoisotopic (exact) mass is 361 g/mol. The van der Waals surface area contributed by atoms with Gasteiger partial charge in [-0.2, -0.15) is 5.10 Å². The van der Waals surface area contributed by atoms with Crippen LogP contribution in [0, 0.1) is 5.82 Å². The lowest BCUT2D eigenvalue weighted by molar-refractivity contribution is 0.0480. The number of hydrogen-bond donors (Lipinski definition) is 0. The number of hydrogen-bond acceptors (Lipinski definition) is 6. The number of rotatable bonds is 7. The van der Waals surface area contributed by atoms with Crippen LogP contribution < -0.4 is 4.74 Å². The molecular formula is C17H16FN3O3S. The molecule has 0 spiro atoms. The molecule has 8 heteroatoms. The van der Waals surface area contributed by atoms with Crippen molar-refractivity contribution >= 4 is 17.3 Å². The molecule has 25 heavy (non-hydrogen) atoms. The van der Waals surface area contributed by atoms with Crippen LogP contribution in [0.25, 0.3) is 10.6 Å². The van der Waals surface area contributed by atoms with E-state index in [0.717, 1.165) is 10.6 Å². The van der Waals surface area contributed by atoms with E-state index in [2.05, 4.69) is 10.1 Å². The first-order valence-corrected chi connectivity index (χ1v) is 8.50. The van der Waals surface area contributed by atoms with Crippen LogP contribution in [0.15, 0.2) is 42.0 Å². The van der Waals surface area contributed by atoms with Gasteiger partial charge < -0.3 is 9.47 Å². The summed E-state index contributed by atoms with van der Waals surface area (Å²) in [6, 6.07) is 5.77. The Kier molecular flexibility index (Phi) is 5.39. The molecule has 2 heterocycles. The zero-order chi connectivity index (χ0) is 17.6. The zero-order valence-corrected chi connectivity index (χ0v) is 14.3. The largest absolute Gasteiger partial charge is 0.493 e. The molecule has 130 valence electrons. The zero-order valence-electron chi connectivity index (χ0n) is 13.5. The van der Waals surface area contributed by atoms with Crippen molar-refractivity contribution in [2.45, 2.75) is 6.42 Å². The third-order valence-corrected chi connectivity index (χ3v) is 4.16. The van der Waals surface area contributed by atoms with Gasteiger partial charge in [0.25, 0.3) is 0 Å². The predicted octanol–water partition coefficient (Wildman–Crippen LogP) is 3.31. The van der Waals surface area contributed by atoms with Crippen LogP contribution in [0.5, 0.6) is 5.75 Å². The summed E-state index contributed by atoms with van der Waals surface area (Å²) < 4.78 is 25.1. The minimum atomic E-state index is -0.465. The molecule has 0 amide bonds. The lowest BCUT2D eigenvalue weighted by Gasteiger charge is -2.06. The number of nitrogens with zero attached hydrogens (tertiary/aromatic N) is 3. The maximum Gasteiger partial charge on any atom is 0.357 e. The van der Waals surface area contributed by atoms with Gasteiger partial charge >= 0.3 is 5.97 Å². The molecule has 1 aromatic carbocycles. The Labute approximate surface area is 147 Å². The predicted molar refractivity (Wildman–Crippen MR) is 91.1 cm³/mol. The van der Waals surface area contributed by atoms with E-state index in [9.17, 15) is 9.18 Å². The van der Waals surface area contributed by atoms with Gasteiger partial charge in [-0.3, -0.25) is 4.68 Å². The van der Waals surface area contributed by atoms with Crippen LogP contribution >= 0.6 is 11.3 Å². The molecule has 0 atom stereocenters. The smallest absolute Gasteiger partial charge is 0.357 e. The molecule has 0 saturated carbocycles. The lowest BCUT2D eigenvalue weighted by atomic mass is 10.3. The fourth-order valence-electron chi connectivity index (χ4n) is 2.05. The van der Waals surface area contributed by atoms with Crippen molar-refractivity contribution in [2.24, 2.45) is 7.05 Å². The molecule has 0 unspecified atom stereocenters. The van der Waals surface area contributed by atoms with Crippen molar-refractivity contribution < 1.29 is 18.7 Å². The second-order valence-electron chi connectivity index (χ2n) is 5.23. The Balaban J connectivity index is 1.42. The molecule has 0 bridgehead atoms. The Morgan fingerprint density at radius 2 is 2.08 bits per heavy atom.